The molecule has 1 aromatic carbocycles. The van der Waals surface area contributed by atoms with Crippen molar-refractivity contribution >= 4 is 27.5 Å². The topological polar surface area (TPSA) is 0 Å². The van der Waals surface area contributed by atoms with Crippen LogP contribution in [0.25, 0.3) is 16.2 Å². The zero-order chi connectivity index (χ0) is 21.4. The fourth-order valence-corrected chi connectivity index (χ4v) is 5.13. The van der Waals surface area contributed by atoms with Gasteiger partial charge in [-0.2, -0.15) is 0 Å². The lowest BCUT2D eigenvalue weighted by atomic mass is 9.84. The average Bonchev–Trinajstić information content (AvgIpc) is 3.14. The largest absolute Gasteiger partial charge is 0.205 e. The summed E-state index contributed by atoms with van der Waals surface area (Å²) in [6, 6.07) is 6.10. The first kappa shape index (κ1) is 24.1. The molecule has 0 saturated carbocycles. The normalized spacial score (nSPS) is 16.4. The summed E-state index contributed by atoms with van der Waals surface area (Å²) in [6.07, 6.45) is 12.9. The molecular weight excluding hydrogens is 375 g/mol. The zero-order valence-electron chi connectivity index (χ0n) is 19.4. The van der Waals surface area contributed by atoms with E-state index in [1.54, 1.807) is 11.3 Å². The molecule has 0 N–H and O–H groups in total. The van der Waals surface area contributed by atoms with Crippen LogP contribution >= 0.6 is 11.3 Å². The first-order valence-corrected chi connectivity index (χ1v) is 12.6. The van der Waals surface area contributed by atoms with Crippen LogP contribution in [0.3, 0.4) is 0 Å². The molecule has 0 aliphatic rings. The van der Waals surface area contributed by atoms with Crippen LogP contribution in [0.5, 0.6) is 0 Å². The van der Waals surface area contributed by atoms with Gasteiger partial charge in [-0.3, -0.25) is 0 Å². The molecule has 0 spiro atoms. The Labute approximate surface area is 182 Å². The van der Waals surface area contributed by atoms with E-state index in [2.05, 4.69) is 59.8 Å². The van der Waals surface area contributed by atoms with Crippen LogP contribution < -0.4 is 0 Å². The minimum atomic E-state index is -0.0566. The van der Waals surface area contributed by atoms with Crippen molar-refractivity contribution in [2.75, 3.05) is 0 Å². The van der Waals surface area contributed by atoms with Gasteiger partial charge in [0.1, 0.15) is 5.82 Å². The molecule has 0 bridgehead atoms. The lowest BCUT2D eigenvalue weighted by Crippen LogP contribution is -2.11. The first-order chi connectivity index (χ1) is 13.8. The van der Waals surface area contributed by atoms with Crippen LogP contribution in [-0.4, -0.2) is 0 Å². The molecule has 1 aromatic heterocycles. The summed E-state index contributed by atoms with van der Waals surface area (Å²) in [4.78, 5) is 1.25. The fraction of sp³-hybridized carbons (Fsp3) is 0.630. The third-order valence-corrected chi connectivity index (χ3v) is 7.89. The highest BCUT2D eigenvalue weighted by molar-refractivity contribution is 7.19. The molecule has 0 radical (unpaired) electrons. The molecule has 2 aromatic rings. The molecule has 0 aliphatic carbocycles. The Hall–Kier alpha value is -1.15. The van der Waals surface area contributed by atoms with Crippen molar-refractivity contribution in [1.82, 2.24) is 0 Å². The Bertz CT molecular complexity index is 772. The van der Waals surface area contributed by atoms with Crippen LogP contribution in [0.2, 0.25) is 0 Å². The Kier molecular flexibility index (Phi) is 9.89. The molecule has 29 heavy (non-hydrogen) atoms. The second kappa shape index (κ2) is 11.9. The van der Waals surface area contributed by atoms with Crippen LogP contribution in [0, 0.1) is 29.5 Å². The van der Waals surface area contributed by atoms with Gasteiger partial charge in [-0.25, -0.2) is 4.39 Å². The molecule has 2 heteroatoms. The predicted molar refractivity (Wildman–Crippen MR) is 130 cm³/mol. The van der Waals surface area contributed by atoms with Gasteiger partial charge in [0, 0.05) is 10.4 Å². The standard InChI is InChI=1S/C27H41FS/c1-7-9-19(3)10-13-21(5)22(6)14-11-20(4)12-15-23-16-17-24-18-25(8-2)29-27(24)26(23)28/h12,15-22H,7-11,13-14H2,1-6H3/b15-12+. The fourth-order valence-electron chi connectivity index (χ4n) is 4.08. The highest BCUT2D eigenvalue weighted by Gasteiger charge is 2.15. The summed E-state index contributed by atoms with van der Waals surface area (Å²) in [5.41, 5.74) is 0.722. The van der Waals surface area contributed by atoms with Crippen LogP contribution in [-0.2, 0) is 6.42 Å². The lowest BCUT2D eigenvalue weighted by Gasteiger charge is -2.22. The Morgan fingerprint density at radius 3 is 2.28 bits per heavy atom. The quantitative estimate of drug-likeness (QED) is 0.323. The lowest BCUT2D eigenvalue weighted by molar-refractivity contribution is 0.299. The van der Waals surface area contributed by atoms with Gasteiger partial charge >= 0.3 is 0 Å². The molecule has 0 fully saturated rings. The Morgan fingerprint density at radius 1 is 0.931 bits per heavy atom. The highest BCUT2D eigenvalue weighted by Crippen LogP contribution is 2.31. The van der Waals surface area contributed by atoms with Gasteiger partial charge in [-0.1, -0.05) is 91.5 Å². The highest BCUT2D eigenvalue weighted by atomic mass is 32.1. The number of halogens is 1. The Balaban J connectivity index is 1.85. The van der Waals surface area contributed by atoms with Crippen LogP contribution in [0.15, 0.2) is 24.3 Å². The minimum absolute atomic E-state index is 0.0566. The summed E-state index contributed by atoms with van der Waals surface area (Å²) in [5.74, 6) is 2.83. The third kappa shape index (κ3) is 7.24. The number of fused-ring (bicyclic) bond motifs is 1. The van der Waals surface area contributed by atoms with Gasteiger partial charge < -0.3 is 0 Å². The monoisotopic (exact) mass is 416 g/mol. The van der Waals surface area contributed by atoms with E-state index in [1.165, 1.54) is 43.4 Å². The molecule has 0 aliphatic heterocycles. The van der Waals surface area contributed by atoms with E-state index in [1.807, 2.05) is 12.1 Å². The number of allylic oxidation sites excluding steroid dienone is 1. The average molecular weight is 417 g/mol. The maximum Gasteiger partial charge on any atom is 0.148 e. The summed E-state index contributed by atoms with van der Waals surface area (Å²) in [7, 11) is 0. The summed E-state index contributed by atoms with van der Waals surface area (Å²) in [5, 5.41) is 1.03. The number of benzene rings is 1. The summed E-state index contributed by atoms with van der Waals surface area (Å²) < 4.78 is 15.7. The summed E-state index contributed by atoms with van der Waals surface area (Å²) in [6.45, 7) is 13.9. The van der Waals surface area contributed by atoms with Crippen molar-refractivity contribution < 1.29 is 4.39 Å². The van der Waals surface area contributed by atoms with E-state index in [0.29, 0.717) is 5.92 Å². The Morgan fingerprint density at radius 2 is 1.62 bits per heavy atom. The van der Waals surface area contributed by atoms with Crippen molar-refractivity contribution in [3.8, 4) is 0 Å². The van der Waals surface area contributed by atoms with Gasteiger partial charge in [0.25, 0.3) is 0 Å². The summed E-state index contributed by atoms with van der Waals surface area (Å²) >= 11 is 1.59. The number of rotatable bonds is 12. The third-order valence-electron chi connectivity index (χ3n) is 6.60. The van der Waals surface area contributed by atoms with Gasteiger partial charge in [0.15, 0.2) is 0 Å². The number of thiophene rings is 1. The van der Waals surface area contributed by atoms with Gasteiger partial charge in [-0.15, -0.1) is 11.3 Å². The van der Waals surface area contributed by atoms with E-state index >= 15 is 0 Å². The molecule has 4 atom stereocenters. The van der Waals surface area contributed by atoms with E-state index in [9.17, 15) is 4.39 Å². The van der Waals surface area contributed by atoms with Crippen molar-refractivity contribution in [2.24, 2.45) is 23.7 Å². The molecule has 4 unspecified atom stereocenters. The second-order valence-corrected chi connectivity index (χ2v) is 10.4. The van der Waals surface area contributed by atoms with E-state index in [-0.39, 0.29) is 5.82 Å². The molecule has 1 heterocycles. The van der Waals surface area contributed by atoms with Crippen molar-refractivity contribution in [1.29, 1.82) is 0 Å². The van der Waals surface area contributed by atoms with Crippen LogP contribution in [0.4, 0.5) is 4.39 Å². The predicted octanol–water partition coefficient (Wildman–Crippen LogP) is 9.52. The number of hydrogen-bond donors (Lipinski definition) is 0. The van der Waals surface area contributed by atoms with E-state index in [4.69, 9.17) is 0 Å². The molecule has 0 saturated heterocycles. The minimum Gasteiger partial charge on any atom is -0.205 e. The molecule has 0 nitrogen and oxygen atoms in total. The van der Waals surface area contributed by atoms with E-state index < -0.39 is 0 Å². The first-order valence-electron chi connectivity index (χ1n) is 11.7. The van der Waals surface area contributed by atoms with Crippen molar-refractivity contribution in [3.05, 3.63) is 40.5 Å². The smallest absolute Gasteiger partial charge is 0.148 e. The van der Waals surface area contributed by atoms with Gasteiger partial charge in [0.05, 0.1) is 4.70 Å². The van der Waals surface area contributed by atoms with E-state index in [0.717, 1.165) is 39.8 Å². The van der Waals surface area contributed by atoms with Gasteiger partial charge in [0.2, 0.25) is 0 Å². The number of hydrogen-bond acceptors (Lipinski definition) is 1. The second-order valence-electron chi connectivity index (χ2n) is 9.29. The number of aryl methyl sites for hydroxylation is 1. The maximum atomic E-state index is 14.9. The SMILES string of the molecule is CCCC(C)CCC(C)C(C)CCC(C)/C=C/c1ccc2cc(CC)sc2c1F. The van der Waals surface area contributed by atoms with Crippen molar-refractivity contribution in [3.63, 3.8) is 0 Å². The molecule has 2 rings (SSSR count). The maximum absolute atomic E-state index is 14.9. The van der Waals surface area contributed by atoms with Crippen LogP contribution in [0.1, 0.15) is 90.5 Å². The molecular formula is C27H41FS. The zero-order valence-corrected chi connectivity index (χ0v) is 20.2. The van der Waals surface area contributed by atoms with Gasteiger partial charge in [-0.05, 0) is 54.4 Å². The molecule has 0 amide bonds. The van der Waals surface area contributed by atoms with Crippen molar-refractivity contribution in [2.45, 2.75) is 86.5 Å². The molecule has 162 valence electrons.